The van der Waals surface area contributed by atoms with Crippen LogP contribution >= 0.6 is 0 Å². The van der Waals surface area contributed by atoms with E-state index in [4.69, 9.17) is 0 Å². The molecule has 0 radical (unpaired) electrons. The first-order valence-corrected chi connectivity index (χ1v) is 9.72. The molecule has 0 unspecified atom stereocenters. The lowest BCUT2D eigenvalue weighted by atomic mass is 10.1. The summed E-state index contributed by atoms with van der Waals surface area (Å²) in [5, 5.41) is 11.2. The van der Waals surface area contributed by atoms with Crippen molar-refractivity contribution >= 4 is 15.8 Å². The molecule has 1 aromatic carbocycles. The lowest BCUT2D eigenvalue weighted by molar-refractivity contribution is 0.329. The summed E-state index contributed by atoms with van der Waals surface area (Å²) in [7, 11) is -3.28. The molecule has 1 fully saturated rings. The van der Waals surface area contributed by atoms with E-state index in [0.717, 1.165) is 29.8 Å². The van der Waals surface area contributed by atoms with Gasteiger partial charge in [0, 0.05) is 25.3 Å². The molecule has 2 aromatic rings. The Hall–Kier alpha value is -1.99. The Morgan fingerprint density at radius 1 is 1.17 bits per heavy atom. The van der Waals surface area contributed by atoms with Crippen molar-refractivity contribution < 1.29 is 8.42 Å². The molecule has 0 amide bonds. The third-order valence-corrected chi connectivity index (χ3v) is 6.20. The SMILES string of the molecule is Cc1ccccc1CS(=O)(=O)N1CCC(Nc2cccnn2)CC1. The number of anilines is 1. The number of sulfonamides is 1. The molecular weight excluding hydrogens is 324 g/mol. The fourth-order valence-electron chi connectivity index (χ4n) is 2.93. The second-order valence-electron chi connectivity index (χ2n) is 6.11. The summed E-state index contributed by atoms with van der Waals surface area (Å²) in [6.45, 7) is 3.01. The van der Waals surface area contributed by atoms with Crippen LogP contribution in [0.5, 0.6) is 0 Å². The van der Waals surface area contributed by atoms with Crippen LogP contribution in [-0.4, -0.2) is 42.1 Å². The van der Waals surface area contributed by atoms with Gasteiger partial charge >= 0.3 is 0 Å². The highest BCUT2D eigenvalue weighted by atomic mass is 32.2. The van der Waals surface area contributed by atoms with Crippen LogP contribution in [0.2, 0.25) is 0 Å². The number of nitrogens with zero attached hydrogens (tertiary/aromatic N) is 3. The fraction of sp³-hybridized carbons (Fsp3) is 0.412. The molecule has 2 heterocycles. The van der Waals surface area contributed by atoms with Crippen LogP contribution in [-0.2, 0) is 15.8 Å². The van der Waals surface area contributed by atoms with Crippen molar-refractivity contribution in [3.63, 3.8) is 0 Å². The van der Waals surface area contributed by atoms with Gasteiger partial charge in [0.15, 0.2) is 0 Å². The number of rotatable bonds is 5. The average molecular weight is 346 g/mol. The van der Waals surface area contributed by atoms with Gasteiger partial charge in [-0.1, -0.05) is 24.3 Å². The van der Waals surface area contributed by atoms with Crippen molar-refractivity contribution in [2.24, 2.45) is 0 Å². The van der Waals surface area contributed by atoms with Crippen LogP contribution in [0.15, 0.2) is 42.6 Å². The smallest absolute Gasteiger partial charge is 0.218 e. The van der Waals surface area contributed by atoms with Crippen molar-refractivity contribution in [3.05, 3.63) is 53.7 Å². The second kappa shape index (κ2) is 7.27. The number of aryl methyl sites for hydroxylation is 1. The Balaban J connectivity index is 1.58. The topological polar surface area (TPSA) is 75.2 Å². The van der Waals surface area contributed by atoms with Gasteiger partial charge in [0.2, 0.25) is 10.0 Å². The normalized spacial score (nSPS) is 16.9. The zero-order chi connectivity index (χ0) is 17.0. The van der Waals surface area contributed by atoms with Crippen LogP contribution in [0.25, 0.3) is 0 Å². The third kappa shape index (κ3) is 4.10. The molecule has 7 heteroatoms. The Labute approximate surface area is 143 Å². The largest absolute Gasteiger partial charge is 0.366 e. The predicted octanol–water partition coefficient (Wildman–Crippen LogP) is 2.19. The summed E-state index contributed by atoms with van der Waals surface area (Å²) in [5.74, 6) is 0.806. The lowest BCUT2D eigenvalue weighted by Crippen LogP contribution is -2.42. The van der Waals surface area contributed by atoms with Crippen LogP contribution in [0, 0.1) is 6.92 Å². The summed E-state index contributed by atoms with van der Waals surface area (Å²) >= 11 is 0. The quantitative estimate of drug-likeness (QED) is 0.898. The number of nitrogens with one attached hydrogen (secondary N) is 1. The van der Waals surface area contributed by atoms with Gasteiger partial charge in [-0.3, -0.25) is 0 Å². The highest BCUT2D eigenvalue weighted by Crippen LogP contribution is 2.20. The maximum absolute atomic E-state index is 12.7. The second-order valence-corrected chi connectivity index (χ2v) is 8.08. The molecule has 1 saturated heterocycles. The predicted molar refractivity (Wildman–Crippen MR) is 94.1 cm³/mol. The standard InChI is InChI=1S/C17H22N4O2S/c1-14-5-2-3-6-15(14)13-24(22,23)21-11-8-16(9-12-21)19-17-7-4-10-18-20-17/h2-7,10,16H,8-9,11-13H2,1H3,(H,19,20). The molecule has 128 valence electrons. The van der Waals surface area contributed by atoms with E-state index in [9.17, 15) is 8.42 Å². The van der Waals surface area contributed by atoms with Crippen LogP contribution in [0.1, 0.15) is 24.0 Å². The van der Waals surface area contributed by atoms with Gasteiger partial charge in [0.05, 0.1) is 5.75 Å². The summed E-state index contributed by atoms with van der Waals surface area (Å²) in [5.41, 5.74) is 1.89. The van der Waals surface area contributed by atoms with Crippen molar-refractivity contribution in [1.82, 2.24) is 14.5 Å². The first-order chi connectivity index (χ1) is 11.5. The van der Waals surface area contributed by atoms with Crippen molar-refractivity contribution in [1.29, 1.82) is 0 Å². The average Bonchev–Trinajstić information content (AvgIpc) is 2.58. The first-order valence-electron chi connectivity index (χ1n) is 8.11. The number of hydrogen-bond donors (Lipinski definition) is 1. The van der Waals surface area contributed by atoms with Gasteiger partial charge in [0.25, 0.3) is 0 Å². The van der Waals surface area contributed by atoms with E-state index in [1.54, 1.807) is 10.5 Å². The molecule has 1 aliphatic heterocycles. The Kier molecular flexibility index (Phi) is 5.11. The fourth-order valence-corrected chi connectivity index (χ4v) is 4.59. The Morgan fingerprint density at radius 3 is 2.58 bits per heavy atom. The van der Waals surface area contributed by atoms with Crippen LogP contribution in [0.4, 0.5) is 5.82 Å². The van der Waals surface area contributed by atoms with E-state index < -0.39 is 10.0 Å². The zero-order valence-electron chi connectivity index (χ0n) is 13.7. The maximum atomic E-state index is 12.7. The molecule has 3 rings (SSSR count). The van der Waals surface area contributed by atoms with Gasteiger partial charge in [-0.05, 0) is 43.0 Å². The van der Waals surface area contributed by atoms with Gasteiger partial charge in [-0.2, -0.15) is 5.10 Å². The van der Waals surface area contributed by atoms with Crippen LogP contribution < -0.4 is 5.32 Å². The first kappa shape index (κ1) is 16.9. The molecule has 0 aliphatic carbocycles. The molecule has 6 nitrogen and oxygen atoms in total. The van der Waals surface area contributed by atoms with Crippen molar-refractivity contribution in [2.75, 3.05) is 18.4 Å². The molecular formula is C17H22N4O2S. The molecule has 1 aliphatic rings. The minimum absolute atomic E-state index is 0.0714. The molecule has 1 aromatic heterocycles. The van der Waals surface area contributed by atoms with E-state index in [-0.39, 0.29) is 11.8 Å². The van der Waals surface area contributed by atoms with E-state index >= 15 is 0 Å². The van der Waals surface area contributed by atoms with Gasteiger partial charge in [-0.25, -0.2) is 12.7 Å². The van der Waals surface area contributed by atoms with Crippen molar-refractivity contribution in [2.45, 2.75) is 31.6 Å². The Bertz CT molecular complexity index is 772. The van der Waals surface area contributed by atoms with Crippen LogP contribution in [0.3, 0.4) is 0 Å². The van der Waals surface area contributed by atoms with E-state index in [0.29, 0.717) is 13.1 Å². The summed E-state index contributed by atoms with van der Waals surface area (Å²) in [6, 6.07) is 11.6. The number of aromatic nitrogens is 2. The minimum Gasteiger partial charge on any atom is -0.366 e. The highest BCUT2D eigenvalue weighted by Gasteiger charge is 2.28. The summed E-state index contributed by atoms with van der Waals surface area (Å²) in [4.78, 5) is 0. The van der Waals surface area contributed by atoms with Gasteiger partial charge in [0.1, 0.15) is 5.82 Å². The lowest BCUT2D eigenvalue weighted by Gasteiger charge is -2.31. The summed E-state index contributed by atoms with van der Waals surface area (Å²) < 4.78 is 26.9. The minimum atomic E-state index is -3.28. The molecule has 24 heavy (non-hydrogen) atoms. The summed E-state index contributed by atoms with van der Waals surface area (Å²) in [6.07, 6.45) is 3.17. The van der Waals surface area contributed by atoms with Gasteiger partial charge in [-0.15, -0.1) is 5.10 Å². The Morgan fingerprint density at radius 2 is 1.92 bits per heavy atom. The molecule has 1 N–H and O–H groups in total. The molecule has 0 atom stereocenters. The number of hydrogen-bond acceptors (Lipinski definition) is 5. The number of benzene rings is 1. The third-order valence-electron chi connectivity index (χ3n) is 4.37. The molecule has 0 saturated carbocycles. The van der Waals surface area contributed by atoms with Gasteiger partial charge < -0.3 is 5.32 Å². The molecule has 0 bridgehead atoms. The zero-order valence-corrected chi connectivity index (χ0v) is 14.5. The highest BCUT2D eigenvalue weighted by molar-refractivity contribution is 7.88. The van der Waals surface area contributed by atoms with E-state index in [1.165, 1.54) is 0 Å². The van der Waals surface area contributed by atoms with E-state index in [1.807, 2.05) is 43.3 Å². The molecule has 0 spiro atoms. The van der Waals surface area contributed by atoms with Crippen molar-refractivity contribution in [3.8, 4) is 0 Å². The number of piperidine rings is 1. The maximum Gasteiger partial charge on any atom is 0.218 e. The monoisotopic (exact) mass is 346 g/mol. The van der Waals surface area contributed by atoms with E-state index in [2.05, 4.69) is 15.5 Å².